The molecular formula is C29H43BN2O4. The minimum Gasteiger partial charge on any atom is -0.404 e. The van der Waals surface area contributed by atoms with Gasteiger partial charge in [0.2, 0.25) is 6.10 Å². The Morgan fingerprint density at radius 3 is 2.47 bits per heavy atom. The van der Waals surface area contributed by atoms with Crippen molar-refractivity contribution < 1.29 is 18.9 Å². The Hall–Kier alpha value is -1.86. The Kier molecular flexibility index (Phi) is 6.35. The zero-order valence-corrected chi connectivity index (χ0v) is 23.3. The minimum atomic E-state index is -0.636. The smallest absolute Gasteiger partial charge is 0.404 e. The summed E-state index contributed by atoms with van der Waals surface area (Å²) >= 11 is 0. The molecule has 36 heavy (non-hydrogen) atoms. The van der Waals surface area contributed by atoms with Gasteiger partial charge in [-0.25, -0.2) is 0 Å². The van der Waals surface area contributed by atoms with Gasteiger partial charge in [0.25, 0.3) is 5.91 Å². The molecule has 196 valence electrons. The van der Waals surface area contributed by atoms with E-state index in [4.69, 9.17) is 14.1 Å². The number of nitrogens with one attached hydrogen (secondary N) is 1. The first-order chi connectivity index (χ1) is 16.8. The number of hydrogen-bond donors (Lipinski definition) is 1. The fourth-order valence-electron chi connectivity index (χ4n) is 6.94. The van der Waals surface area contributed by atoms with Crippen LogP contribution < -0.4 is 5.32 Å². The number of nitrogens with zero attached hydrogens (tertiary/aromatic N) is 1. The molecule has 3 aliphatic carbocycles. The normalized spacial score (nSPS) is 33.5. The van der Waals surface area contributed by atoms with E-state index in [-0.39, 0.29) is 34.4 Å². The molecule has 1 saturated heterocycles. The SMILES string of the molecule is CC(C)C[C@H](NC(=O)C1CC(c2ccc(C(C)(C)C)cc2)=NO1)B1O[C@@H]2C[C@@H]3C[C@@H](C3(C)C)[C@]2(C)O1. The highest BCUT2D eigenvalue weighted by molar-refractivity contribution is 6.48. The number of oxime groups is 1. The van der Waals surface area contributed by atoms with Gasteiger partial charge >= 0.3 is 7.12 Å². The van der Waals surface area contributed by atoms with Crippen molar-refractivity contribution in [3.8, 4) is 0 Å². The van der Waals surface area contributed by atoms with Crippen molar-refractivity contribution in [3.05, 3.63) is 35.4 Å². The number of carbonyl (C=O) groups excluding carboxylic acids is 1. The van der Waals surface area contributed by atoms with Crippen LogP contribution in [0.15, 0.2) is 29.4 Å². The van der Waals surface area contributed by atoms with Crippen molar-refractivity contribution in [2.24, 2.45) is 28.3 Å². The third-order valence-electron chi connectivity index (χ3n) is 9.40. The van der Waals surface area contributed by atoms with Crippen molar-refractivity contribution in [3.63, 3.8) is 0 Å². The van der Waals surface area contributed by atoms with Crippen molar-refractivity contribution in [2.75, 3.05) is 0 Å². The second-order valence-electron chi connectivity index (χ2n) is 13.7. The predicted octanol–water partition coefficient (Wildman–Crippen LogP) is 5.28. The summed E-state index contributed by atoms with van der Waals surface area (Å²) in [5.41, 5.74) is 3.17. The first-order valence-corrected chi connectivity index (χ1v) is 13.8. The molecule has 4 fully saturated rings. The average molecular weight is 494 g/mol. The number of hydrogen-bond acceptors (Lipinski definition) is 5. The van der Waals surface area contributed by atoms with Crippen LogP contribution in [0.1, 0.15) is 92.2 Å². The van der Waals surface area contributed by atoms with Gasteiger partial charge in [0, 0.05) is 6.42 Å². The van der Waals surface area contributed by atoms with E-state index in [1.165, 1.54) is 12.0 Å². The van der Waals surface area contributed by atoms with Crippen LogP contribution in [0.25, 0.3) is 0 Å². The predicted molar refractivity (Wildman–Crippen MR) is 143 cm³/mol. The van der Waals surface area contributed by atoms with Gasteiger partial charge in [-0.3, -0.25) is 4.79 Å². The van der Waals surface area contributed by atoms with E-state index in [0.29, 0.717) is 24.2 Å². The molecule has 7 heteroatoms. The standard InChI is InChI=1S/C29H43BN2O4/c1-17(2)13-25(30-34-24-15-20-14-23(28(20,6)7)29(24,8)36-30)31-26(33)22-16-21(32-35-22)18-9-11-19(12-10-18)27(3,4)5/h9-12,17,20,22-25H,13-16H2,1-8H3,(H,31,33)/t20-,22?,23-,24+,25-,29-/m0/s1. The highest BCUT2D eigenvalue weighted by Gasteiger charge is 2.68. The Morgan fingerprint density at radius 2 is 1.86 bits per heavy atom. The van der Waals surface area contributed by atoms with Crippen LogP contribution in [0.5, 0.6) is 0 Å². The fraction of sp³-hybridized carbons (Fsp3) is 0.724. The maximum Gasteiger partial charge on any atom is 0.481 e. The van der Waals surface area contributed by atoms with Gasteiger partial charge in [-0.1, -0.05) is 77.9 Å². The molecule has 1 amide bonds. The topological polar surface area (TPSA) is 69.2 Å². The van der Waals surface area contributed by atoms with Crippen LogP contribution in [0.2, 0.25) is 0 Å². The van der Waals surface area contributed by atoms with Crippen LogP contribution in [-0.2, 0) is 24.4 Å². The summed E-state index contributed by atoms with van der Waals surface area (Å²) in [7, 11) is -0.437. The number of amides is 1. The molecule has 1 aromatic rings. The molecule has 6 nitrogen and oxygen atoms in total. The van der Waals surface area contributed by atoms with E-state index in [0.717, 1.165) is 24.1 Å². The lowest BCUT2D eigenvalue weighted by Crippen LogP contribution is -2.65. The molecule has 6 atom stereocenters. The number of rotatable bonds is 6. The van der Waals surface area contributed by atoms with Crippen LogP contribution in [0, 0.1) is 23.2 Å². The lowest BCUT2D eigenvalue weighted by atomic mass is 9.43. The lowest BCUT2D eigenvalue weighted by Gasteiger charge is -2.64. The third-order valence-corrected chi connectivity index (χ3v) is 9.40. The Labute approximate surface area is 217 Å². The molecule has 1 N–H and O–H groups in total. The van der Waals surface area contributed by atoms with Crippen LogP contribution in [0.4, 0.5) is 0 Å². The monoisotopic (exact) mass is 494 g/mol. The van der Waals surface area contributed by atoms with Gasteiger partial charge in [0.05, 0.1) is 23.4 Å². The molecule has 0 radical (unpaired) electrons. The molecule has 2 aliphatic heterocycles. The Balaban J connectivity index is 1.23. The van der Waals surface area contributed by atoms with Gasteiger partial charge in [0.15, 0.2) is 0 Å². The minimum absolute atomic E-state index is 0.0927. The van der Waals surface area contributed by atoms with E-state index in [9.17, 15) is 4.79 Å². The molecule has 1 aromatic carbocycles. The van der Waals surface area contributed by atoms with Crippen molar-refractivity contribution in [2.45, 2.75) is 110 Å². The second kappa shape index (κ2) is 8.87. The first kappa shape index (κ1) is 25.8. The lowest BCUT2D eigenvalue weighted by molar-refractivity contribution is -0.199. The quantitative estimate of drug-likeness (QED) is 0.547. The molecule has 2 heterocycles. The van der Waals surface area contributed by atoms with Crippen molar-refractivity contribution in [1.82, 2.24) is 5.32 Å². The molecule has 0 spiro atoms. The Bertz CT molecular complexity index is 1030. The maximum absolute atomic E-state index is 13.3. The summed E-state index contributed by atoms with van der Waals surface area (Å²) in [6.45, 7) is 17.9. The van der Waals surface area contributed by atoms with Gasteiger partial charge in [-0.2, -0.15) is 0 Å². The zero-order valence-electron chi connectivity index (χ0n) is 23.3. The summed E-state index contributed by atoms with van der Waals surface area (Å²) in [6.07, 6.45) is 2.95. The first-order valence-electron chi connectivity index (χ1n) is 13.8. The largest absolute Gasteiger partial charge is 0.481 e. The highest BCUT2D eigenvalue weighted by Crippen LogP contribution is 2.65. The van der Waals surface area contributed by atoms with Crippen LogP contribution in [-0.4, -0.2) is 42.5 Å². The summed E-state index contributed by atoms with van der Waals surface area (Å²) in [5, 5.41) is 7.48. The third kappa shape index (κ3) is 4.40. The molecular weight excluding hydrogens is 451 g/mol. The Morgan fingerprint density at radius 1 is 1.17 bits per heavy atom. The molecule has 0 aromatic heterocycles. The molecule has 6 rings (SSSR count). The molecule has 2 bridgehead atoms. The van der Waals surface area contributed by atoms with Gasteiger partial charge in [0.1, 0.15) is 0 Å². The van der Waals surface area contributed by atoms with E-state index in [1.54, 1.807) is 0 Å². The van der Waals surface area contributed by atoms with E-state index >= 15 is 0 Å². The van der Waals surface area contributed by atoms with E-state index in [1.807, 2.05) is 0 Å². The highest BCUT2D eigenvalue weighted by atomic mass is 16.7. The van der Waals surface area contributed by atoms with Crippen molar-refractivity contribution >= 4 is 18.7 Å². The van der Waals surface area contributed by atoms with Gasteiger partial charge in [-0.15, -0.1) is 0 Å². The summed E-state index contributed by atoms with van der Waals surface area (Å²) in [4.78, 5) is 18.9. The number of benzene rings is 1. The molecule has 1 unspecified atom stereocenters. The summed E-state index contributed by atoms with van der Waals surface area (Å²) in [6, 6.07) is 8.40. The summed E-state index contributed by atoms with van der Waals surface area (Å²) < 4.78 is 13.2. The second-order valence-corrected chi connectivity index (χ2v) is 13.7. The maximum atomic E-state index is 13.3. The van der Waals surface area contributed by atoms with Gasteiger partial charge < -0.3 is 19.5 Å². The van der Waals surface area contributed by atoms with Crippen molar-refractivity contribution in [1.29, 1.82) is 0 Å². The average Bonchev–Trinajstić information content (AvgIpc) is 3.42. The van der Waals surface area contributed by atoms with E-state index in [2.05, 4.69) is 90.1 Å². The van der Waals surface area contributed by atoms with Crippen LogP contribution in [0.3, 0.4) is 0 Å². The number of carbonyl (C=O) groups is 1. The zero-order chi connectivity index (χ0) is 26.0. The van der Waals surface area contributed by atoms with Crippen LogP contribution >= 0.6 is 0 Å². The molecule has 5 aliphatic rings. The molecule has 3 saturated carbocycles. The fourth-order valence-corrected chi connectivity index (χ4v) is 6.94. The van der Waals surface area contributed by atoms with E-state index < -0.39 is 13.2 Å². The summed E-state index contributed by atoms with van der Waals surface area (Å²) in [5.74, 6) is 1.20. The van der Waals surface area contributed by atoms with Gasteiger partial charge in [-0.05, 0) is 65.9 Å².